The van der Waals surface area contributed by atoms with Crippen molar-refractivity contribution >= 4 is 0 Å². The summed E-state index contributed by atoms with van der Waals surface area (Å²) in [5, 5.41) is 14.9. The molecule has 0 radical (unpaired) electrons. The summed E-state index contributed by atoms with van der Waals surface area (Å²) >= 11 is 0. The van der Waals surface area contributed by atoms with Gasteiger partial charge in [-0.2, -0.15) is 4.98 Å². The number of aliphatic hydroxyl groups excluding tert-OH is 1. The predicted molar refractivity (Wildman–Crippen MR) is 125 cm³/mol. The van der Waals surface area contributed by atoms with Gasteiger partial charge in [-0.3, -0.25) is 0 Å². The van der Waals surface area contributed by atoms with Gasteiger partial charge in [0.15, 0.2) is 17.3 Å². The Morgan fingerprint density at radius 3 is 2.70 bits per heavy atom. The van der Waals surface area contributed by atoms with Crippen LogP contribution in [0.15, 0.2) is 22.7 Å². The van der Waals surface area contributed by atoms with E-state index < -0.39 is 0 Å². The fourth-order valence-corrected chi connectivity index (χ4v) is 5.14. The monoisotopic (exact) mass is 455 g/mol. The lowest BCUT2D eigenvalue weighted by Gasteiger charge is -2.26. The van der Waals surface area contributed by atoms with Crippen LogP contribution in [0.4, 0.5) is 0 Å². The Morgan fingerprint density at radius 1 is 1.06 bits per heavy atom. The van der Waals surface area contributed by atoms with Crippen LogP contribution in [0, 0.1) is 5.92 Å². The Balaban J connectivity index is 1.10. The van der Waals surface area contributed by atoms with Crippen molar-refractivity contribution in [3.63, 3.8) is 0 Å². The second kappa shape index (κ2) is 10.9. The number of likely N-dealkylation sites (tertiary alicyclic amines) is 1. The molecule has 5 rings (SSSR count). The minimum Gasteiger partial charge on any atom is -0.486 e. The number of aryl methyl sites for hydroxylation is 1. The summed E-state index contributed by atoms with van der Waals surface area (Å²) in [6.07, 6.45) is 10.0. The molecule has 1 saturated heterocycles. The maximum Gasteiger partial charge on any atom is 0.226 e. The number of aliphatic hydroxyl groups is 1. The van der Waals surface area contributed by atoms with Crippen molar-refractivity contribution in [1.29, 1.82) is 0 Å². The van der Waals surface area contributed by atoms with E-state index in [1.54, 1.807) is 0 Å². The van der Waals surface area contributed by atoms with Crippen LogP contribution in [0.2, 0.25) is 0 Å². The fraction of sp³-hybridized carbons (Fsp3) is 0.692. The van der Waals surface area contributed by atoms with Gasteiger partial charge in [0.25, 0.3) is 0 Å². The van der Waals surface area contributed by atoms with Gasteiger partial charge in [0, 0.05) is 18.9 Å². The first-order valence-corrected chi connectivity index (χ1v) is 12.8. The number of rotatable bonds is 12. The van der Waals surface area contributed by atoms with Crippen LogP contribution in [0.3, 0.4) is 0 Å². The van der Waals surface area contributed by atoms with Gasteiger partial charge in [-0.15, -0.1) is 0 Å². The third kappa shape index (κ3) is 6.48. The Hall–Kier alpha value is -2.12. The second-order valence-electron chi connectivity index (χ2n) is 10.0. The van der Waals surface area contributed by atoms with E-state index in [-0.39, 0.29) is 6.10 Å². The maximum atomic E-state index is 10.8. The molecule has 3 heterocycles. The molecule has 2 aliphatic heterocycles. The average Bonchev–Trinajstić information content (AvgIpc) is 3.34. The molecule has 1 aromatic carbocycles. The Morgan fingerprint density at radius 2 is 1.88 bits per heavy atom. The highest BCUT2D eigenvalue weighted by atomic mass is 16.6. The molecular weight excluding hydrogens is 418 g/mol. The van der Waals surface area contributed by atoms with Crippen LogP contribution >= 0.6 is 0 Å². The zero-order valence-corrected chi connectivity index (χ0v) is 19.6. The van der Waals surface area contributed by atoms with Crippen LogP contribution < -0.4 is 9.47 Å². The van der Waals surface area contributed by atoms with Crippen LogP contribution in [0.5, 0.6) is 11.5 Å². The number of hydrogen-bond acceptors (Lipinski definition) is 7. The van der Waals surface area contributed by atoms with Crippen molar-refractivity contribution in [2.75, 3.05) is 32.8 Å². The predicted octanol–water partition coefficient (Wildman–Crippen LogP) is 4.14. The topological polar surface area (TPSA) is 80.9 Å². The number of hydrogen-bond donors (Lipinski definition) is 1. The van der Waals surface area contributed by atoms with Gasteiger partial charge in [-0.05, 0) is 88.1 Å². The van der Waals surface area contributed by atoms with E-state index >= 15 is 0 Å². The van der Waals surface area contributed by atoms with Gasteiger partial charge in [0.2, 0.25) is 5.89 Å². The van der Waals surface area contributed by atoms with Crippen molar-refractivity contribution in [2.45, 2.75) is 76.2 Å². The number of nitrogens with zero attached hydrogens (tertiary/aromatic N) is 3. The first-order chi connectivity index (χ1) is 16.2. The molecule has 180 valence electrons. The lowest BCUT2D eigenvalue weighted by molar-refractivity contribution is 0.117. The summed E-state index contributed by atoms with van der Waals surface area (Å²) in [7, 11) is 0. The highest BCUT2D eigenvalue weighted by Crippen LogP contribution is 2.38. The van der Waals surface area contributed by atoms with Gasteiger partial charge in [-0.1, -0.05) is 17.6 Å². The summed E-state index contributed by atoms with van der Waals surface area (Å²) in [5.41, 5.74) is 1.26. The molecule has 1 saturated carbocycles. The van der Waals surface area contributed by atoms with Crippen LogP contribution in [0.25, 0.3) is 0 Å². The standard InChI is InChI=1S/C26H37N3O4/c30-22(5-1-2-6-25-27-26(28-33-25)21-8-9-21)16-20(18-29-11-3-4-12-29)15-19-7-10-23-24(17-19)32-14-13-31-23/h7,10,17,20-22,30H,1-6,8-9,11-16,18H2/t20-,22?/m1/s1. The Bertz CT molecular complexity index is 891. The Kier molecular flexibility index (Phi) is 7.47. The van der Waals surface area contributed by atoms with E-state index in [2.05, 4.69) is 27.2 Å². The molecule has 0 spiro atoms. The maximum absolute atomic E-state index is 10.8. The van der Waals surface area contributed by atoms with Crippen LogP contribution in [0.1, 0.15) is 74.6 Å². The lowest BCUT2D eigenvalue weighted by Crippen LogP contribution is -2.30. The molecule has 1 N–H and O–H groups in total. The smallest absolute Gasteiger partial charge is 0.226 e. The van der Waals surface area contributed by atoms with Crippen LogP contribution in [-0.2, 0) is 12.8 Å². The minimum absolute atomic E-state index is 0.278. The van der Waals surface area contributed by atoms with Gasteiger partial charge in [0.1, 0.15) is 13.2 Å². The van der Waals surface area contributed by atoms with E-state index in [1.165, 1.54) is 44.3 Å². The SMILES string of the molecule is OC(CCCCc1nc(C2CC2)no1)C[C@@H](Cc1ccc2c(c1)OCCO2)CN1CCCC1. The van der Waals surface area contributed by atoms with Crippen LogP contribution in [-0.4, -0.2) is 59.1 Å². The Labute approximate surface area is 196 Å². The zero-order valence-electron chi connectivity index (χ0n) is 19.6. The quantitative estimate of drug-likeness (QED) is 0.482. The minimum atomic E-state index is -0.278. The van der Waals surface area contributed by atoms with Crippen molar-refractivity contribution in [2.24, 2.45) is 5.92 Å². The molecule has 7 nitrogen and oxygen atoms in total. The number of unbranched alkanes of at least 4 members (excludes halogenated alkanes) is 1. The molecule has 1 aliphatic carbocycles. The molecule has 1 unspecified atom stereocenters. The van der Waals surface area contributed by atoms with E-state index in [1.807, 2.05) is 6.07 Å². The third-order valence-corrected chi connectivity index (χ3v) is 7.06. The molecule has 2 atom stereocenters. The van der Waals surface area contributed by atoms with Crippen molar-refractivity contribution in [1.82, 2.24) is 15.0 Å². The highest BCUT2D eigenvalue weighted by molar-refractivity contribution is 5.43. The van der Waals surface area contributed by atoms with E-state index in [0.29, 0.717) is 25.0 Å². The van der Waals surface area contributed by atoms with Crippen molar-refractivity contribution < 1.29 is 19.1 Å². The highest BCUT2D eigenvalue weighted by Gasteiger charge is 2.28. The molecule has 3 aliphatic rings. The summed E-state index contributed by atoms with van der Waals surface area (Å²) in [6, 6.07) is 6.30. The summed E-state index contributed by atoms with van der Waals surface area (Å²) in [5.74, 6) is 4.28. The molecule has 33 heavy (non-hydrogen) atoms. The number of aromatic nitrogens is 2. The fourth-order valence-electron chi connectivity index (χ4n) is 5.14. The molecule has 0 amide bonds. The van der Waals surface area contributed by atoms with E-state index in [9.17, 15) is 5.11 Å². The van der Waals surface area contributed by atoms with Gasteiger partial charge in [0.05, 0.1) is 6.10 Å². The molecule has 7 heteroatoms. The van der Waals surface area contributed by atoms with Crippen molar-refractivity contribution in [3.8, 4) is 11.5 Å². The van der Waals surface area contributed by atoms with E-state index in [4.69, 9.17) is 14.0 Å². The lowest BCUT2D eigenvalue weighted by atomic mass is 9.91. The first kappa shape index (κ1) is 22.7. The molecule has 0 bridgehead atoms. The molecule has 2 aromatic rings. The van der Waals surface area contributed by atoms with Crippen molar-refractivity contribution in [3.05, 3.63) is 35.5 Å². The molecule has 2 fully saturated rings. The first-order valence-electron chi connectivity index (χ1n) is 12.8. The molecular formula is C26H37N3O4. The summed E-state index contributed by atoms with van der Waals surface area (Å²) in [6.45, 7) is 4.64. The van der Waals surface area contributed by atoms with Gasteiger partial charge < -0.3 is 24.0 Å². The number of ether oxygens (including phenoxy) is 2. The largest absolute Gasteiger partial charge is 0.486 e. The van der Waals surface area contributed by atoms with E-state index in [0.717, 1.165) is 68.3 Å². The summed E-state index contributed by atoms with van der Waals surface area (Å²) < 4.78 is 16.8. The second-order valence-corrected chi connectivity index (χ2v) is 10.0. The van der Waals surface area contributed by atoms with Gasteiger partial charge in [-0.25, -0.2) is 0 Å². The number of benzene rings is 1. The number of fused-ring (bicyclic) bond motifs is 1. The average molecular weight is 456 g/mol. The summed E-state index contributed by atoms with van der Waals surface area (Å²) in [4.78, 5) is 7.07. The third-order valence-electron chi connectivity index (χ3n) is 7.06. The molecule has 1 aromatic heterocycles. The zero-order chi connectivity index (χ0) is 22.5. The normalized spacial score (nSPS) is 20.2. The van der Waals surface area contributed by atoms with Gasteiger partial charge >= 0.3 is 0 Å².